The van der Waals surface area contributed by atoms with Gasteiger partial charge in [-0.3, -0.25) is 0 Å². The van der Waals surface area contributed by atoms with Crippen molar-refractivity contribution >= 4 is 15.8 Å². The van der Waals surface area contributed by atoms with Gasteiger partial charge in [-0.2, -0.15) is 0 Å². The third kappa shape index (κ3) is 3.28. The van der Waals surface area contributed by atoms with Crippen LogP contribution in [0.5, 0.6) is 0 Å². The molecule has 6 heteroatoms. The monoisotopic (exact) mass is 209 g/mol. The van der Waals surface area contributed by atoms with Crippen LogP contribution in [0.4, 0.5) is 5.69 Å². The molecule has 0 saturated carbocycles. The first-order valence-corrected chi connectivity index (χ1v) is 4.64. The zero-order valence-electron chi connectivity index (χ0n) is 7.44. The van der Waals surface area contributed by atoms with Crippen LogP contribution in [0.3, 0.4) is 0 Å². The summed E-state index contributed by atoms with van der Waals surface area (Å²) < 4.78 is 31.5. The second-order valence-corrected chi connectivity index (χ2v) is 3.85. The minimum atomic E-state index is -4.35. The van der Waals surface area contributed by atoms with E-state index in [1.165, 1.54) is 18.2 Å². The topological polar surface area (TPSA) is 83.2 Å². The largest absolute Gasteiger partial charge is 1.00 e. The van der Waals surface area contributed by atoms with Crippen molar-refractivity contribution in [1.82, 2.24) is 0 Å². The van der Waals surface area contributed by atoms with Crippen molar-refractivity contribution in [1.29, 1.82) is 0 Å². The Labute approximate surface area is 99.2 Å². The molecule has 0 atom stereocenters. The van der Waals surface area contributed by atoms with Gasteiger partial charge in [0.1, 0.15) is 10.1 Å². The number of nitrogen functional groups attached to an aromatic ring is 1. The first-order valence-electron chi connectivity index (χ1n) is 3.23. The summed E-state index contributed by atoms with van der Waals surface area (Å²) in [5, 5.41) is 0. The Morgan fingerprint density at radius 1 is 1.38 bits per heavy atom. The predicted octanol–water partition coefficient (Wildman–Crippen LogP) is -2.51. The Kier molecular flexibility index (Phi) is 4.41. The van der Waals surface area contributed by atoms with Crippen LogP contribution in [-0.4, -0.2) is 13.0 Å². The molecule has 1 aromatic carbocycles. The first-order chi connectivity index (χ1) is 5.41. The maximum Gasteiger partial charge on any atom is 1.00 e. The molecule has 0 unspecified atom stereocenters. The van der Waals surface area contributed by atoms with Crippen LogP contribution in [0.2, 0.25) is 0 Å². The molecule has 0 aromatic heterocycles. The van der Waals surface area contributed by atoms with E-state index in [0.717, 1.165) is 0 Å². The van der Waals surface area contributed by atoms with Crippen molar-refractivity contribution in [3.8, 4) is 0 Å². The number of nitrogens with two attached hydrogens (primary N) is 1. The molecule has 13 heavy (non-hydrogen) atoms. The van der Waals surface area contributed by atoms with E-state index in [2.05, 4.69) is 0 Å². The van der Waals surface area contributed by atoms with Crippen LogP contribution in [-0.2, 0) is 10.1 Å². The number of anilines is 1. The Hall–Kier alpha value is -0.0700. The Bertz CT molecular complexity index is 402. The van der Waals surface area contributed by atoms with Gasteiger partial charge in [0.2, 0.25) is 0 Å². The summed E-state index contributed by atoms with van der Waals surface area (Å²) in [4.78, 5) is -0.241. The predicted molar refractivity (Wildman–Crippen MR) is 43.6 cm³/mol. The molecular formula is C7H8NNaO3S. The molecule has 0 bridgehead atoms. The van der Waals surface area contributed by atoms with Crippen LogP contribution < -0.4 is 35.3 Å². The van der Waals surface area contributed by atoms with Gasteiger partial charge in [-0.25, -0.2) is 8.42 Å². The van der Waals surface area contributed by atoms with Gasteiger partial charge in [0.25, 0.3) is 0 Å². The maximum atomic E-state index is 10.5. The smallest absolute Gasteiger partial charge is 0.744 e. The molecule has 0 heterocycles. The fourth-order valence-corrected chi connectivity index (χ4v) is 1.36. The summed E-state index contributed by atoms with van der Waals surface area (Å²) in [7, 11) is -4.35. The normalized spacial score (nSPS) is 10.6. The number of rotatable bonds is 1. The van der Waals surface area contributed by atoms with Gasteiger partial charge < -0.3 is 10.3 Å². The molecule has 1 rings (SSSR count). The molecule has 66 valence electrons. The van der Waals surface area contributed by atoms with E-state index >= 15 is 0 Å². The van der Waals surface area contributed by atoms with E-state index in [9.17, 15) is 13.0 Å². The minimum absolute atomic E-state index is 0. The van der Waals surface area contributed by atoms with Gasteiger partial charge in [0, 0.05) is 5.69 Å². The molecule has 0 radical (unpaired) electrons. The molecule has 0 spiro atoms. The van der Waals surface area contributed by atoms with E-state index in [-0.39, 0.29) is 34.5 Å². The van der Waals surface area contributed by atoms with Crippen molar-refractivity contribution in [2.24, 2.45) is 0 Å². The van der Waals surface area contributed by atoms with E-state index in [0.29, 0.717) is 11.3 Å². The van der Waals surface area contributed by atoms with E-state index < -0.39 is 10.1 Å². The summed E-state index contributed by atoms with van der Waals surface area (Å²) in [5.41, 5.74) is 6.50. The van der Waals surface area contributed by atoms with Gasteiger partial charge in [0.15, 0.2) is 0 Å². The van der Waals surface area contributed by atoms with Crippen molar-refractivity contribution in [3.63, 3.8) is 0 Å². The van der Waals surface area contributed by atoms with Crippen LogP contribution in [0.25, 0.3) is 0 Å². The summed E-state index contributed by atoms with van der Waals surface area (Å²) in [6.45, 7) is 1.64. The SMILES string of the molecule is Cc1cc(S(=O)(=O)[O-])ccc1N.[Na+]. The van der Waals surface area contributed by atoms with Gasteiger partial charge >= 0.3 is 29.6 Å². The van der Waals surface area contributed by atoms with Gasteiger partial charge in [0.05, 0.1) is 4.90 Å². The van der Waals surface area contributed by atoms with Crippen molar-refractivity contribution in [3.05, 3.63) is 23.8 Å². The fraction of sp³-hybridized carbons (Fsp3) is 0.143. The van der Waals surface area contributed by atoms with Crippen molar-refractivity contribution < 1.29 is 42.5 Å². The minimum Gasteiger partial charge on any atom is -0.744 e. The van der Waals surface area contributed by atoms with E-state index in [4.69, 9.17) is 5.73 Å². The second kappa shape index (κ2) is 4.43. The van der Waals surface area contributed by atoms with Gasteiger partial charge in [-0.1, -0.05) is 0 Å². The molecule has 0 saturated heterocycles. The second-order valence-electron chi connectivity index (χ2n) is 2.47. The maximum absolute atomic E-state index is 10.5. The standard InChI is InChI=1S/C7H9NO3S.Na/c1-5-4-6(12(9,10)11)2-3-7(5)8;/h2-4H,8H2,1H3,(H,9,10,11);/q;+1/p-1. The Morgan fingerprint density at radius 3 is 2.31 bits per heavy atom. The molecule has 1 aromatic rings. The first kappa shape index (κ1) is 12.9. The molecule has 0 aliphatic carbocycles. The summed E-state index contributed by atoms with van der Waals surface area (Å²) in [6.07, 6.45) is 0. The van der Waals surface area contributed by atoms with E-state index in [1.54, 1.807) is 6.92 Å². The molecule has 0 fully saturated rings. The zero-order valence-corrected chi connectivity index (χ0v) is 10.3. The number of benzene rings is 1. The number of aryl methyl sites for hydroxylation is 1. The molecule has 0 amide bonds. The average Bonchev–Trinajstić information content (AvgIpc) is 1.92. The molecule has 2 N–H and O–H groups in total. The zero-order chi connectivity index (χ0) is 9.35. The summed E-state index contributed by atoms with van der Waals surface area (Å²) in [6, 6.07) is 3.86. The van der Waals surface area contributed by atoms with Gasteiger partial charge in [-0.05, 0) is 30.7 Å². The number of hydrogen-bond acceptors (Lipinski definition) is 4. The Morgan fingerprint density at radius 2 is 1.92 bits per heavy atom. The van der Waals surface area contributed by atoms with Crippen LogP contribution in [0, 0.1) is 6.92 Å². The fourth-order valence-electron chi connectivity index (χ4n) is 0.804. The van der Waals surface area contributed by atoms with Crippen LogP contribution >= 0.6 is 0 Å². The summed E-state index contributed by atoms with van der Waals surface area (Å²) in [5.74, 6) is 0. The molecular weight excluding hydrogens is 201 g/mol. The third-order valence-corrected chi connectivity index (χ3v) is 2.36. The summed E-state index contributed by atoms with van der Waals surface area (Å²) >= 11 is 0. The van der Waals surface area contributed by atoms with Crippen molar-refractivity contribution in [2.45, 2.75) is 11.8 Å². The molecule has 0 aliphatic heterocycles. The third-order valence-electron chi connectivity index (χ3n) is 1.53. The average molecular weight is 209 g/mol. The Balaban J connectivity index is 0.00000144. The van der Waals surface area contributed by atoms with Crippen LogP contribution in [0.15, 0.2) is 23.1 Å². The van der Waals surface area contributed by atoms with E-state index in [1.807, 2.05) is 0 Å². The quantitative estimate of drug-likeness (QED) is 0.314. The molecule has 4 nitrogen and oxygen atoms in total. The van der Waals surface area contributed by atoms with Gasteiger partial charge in [-0.15, -0.1) is 0 Å². The number of hydrogen-bond donors (Lipinski definition) is 1. The molecule has 0 aliphatic rings. The van der Waals surface area contributed by atoms with Crippen molar-refractivity contribution in [2.75, 3.05) is 5.73 Å². The van der Waals surface area contributed by atoms with Crippen LogP contribution in [0.1, 0.15) is 5.56 Å².